The number of hydrogen-bond acceptors (Lipinski definition) is 2. The van der Waals surface area contributed by atoms with Crippen molar-refractivity contribution < 1.29 is 9.53 Å². The molecule has 1 atom stereocenters. The van der Waals surface area contributed by atoms with Crippen molar-refractivity contribution in [2.24, 2.45) is 5.92 Å². The molecule has 0 saturated carbocycles. The molecule has 1 rings (SSSR count). The monoisotopic (exact) mass is 425 g/mol. The third-order valence-corrected chi connectivity index (χ3v) is 4.07. The maximum Gasteiger partial charge on any atom is 0.252 e. The first-order chi connectivity index (χ1) is 8.45. The fourth-order valence-corrected chi connectivity index (χ4v) is 2.44. The lowest BCUT2D eigenvalue weighted by atomic mass is 10.0. The van der Waals surface area contributed by atoms with Crippen molar-refractivity contribution in [1.82, 2.24) is 5.32 Å². The van der Waals surface area contributed by atoms with Crippen LogP contribution in [-0.4, -0.2) is 25.7 Å². The molecule has 18 heavy (non-hydrogen) atoms. The zero-order chi connectivity index (χ0) is 13.7. The van der Waals surface area contributed by atoms with Crippen molar-refractivity contribution in [2.75, 3.05) is 13.7 Å². The Hall–Kier alpha value is -0.140. The van der Waals surface area contributed by atoms with Gasteiger partial charge in [-0.2, -0.15) is 0 Å². The third kappa shape index (κ3) is 4.51. The molecule has 1 unspecified atom stereocenters. The van der Waals surface area contributed by atoms with Crippen LogP contribution < -0.4 is 5.32 Å². The maximum absolute atomic E-state index is 12.2. The fourth-order valence-electron chi connectivity index (χ4n) is 1.50. The van der Waals surface area contributed by atoms with E-state index >= 15 is 0 Å². The van der Waals surface area contributed by atoms with Gasteiger partial charge in [-0.05, 0) is 46.7 Å². The third-order valence-electron chi connectivity index (χ3n) is 2.64. The Bertz CT molecular complexity index is 423. The van der Waals surface area contributed by atoms with Crippen molar-refractivity contribution in [1.29, 1.82) is 0 Å². The molecule has 0 spiro atoms. The van der Waals surface area contributed by atoms with Gasteiger partial charge in [0, 0.05) is 15.2 Å². The minimum atomic E-state index is -0.0588. The molecule has 1 aromatic carbocycles. The van der Waals surface area contributed by atoms with Crippen LogP contribution in [0.5, 0.6) is 0 Å². The van der Waals surface area contributed by atoms with Crippen molar-refractivity contribution in [2.45, 2.75) is 19.9 Å². The Morgan fingerprint density at radius 1 is 1.50 bits per heavy atom. The average molecular weight is 426 g/mol. The molecule has 100 valence electrons. The van der Waals surface area contributed by atoms with Crippen LogP contribution in [0.15, 0.2) is 22.7 Å². The number of rotatable bonds is 5. The first-order valence-corrected chi connectivity index (χ1v) is 7.57. The molecule has 5 heteroatoms. The Balaban J connectivity index is 2.83. The molecule has 3 nitrogen and oxygen atoms in total. The SMILES string of the molecule is COCC(NC(=O)c1cc(Br)ccc1I)C(C)C. The zero-order valence-electron chi connectivity index (χ0n) is 10.7. The highest BCUT2D eigenvalue weighted by atomic mass is 127. The van der Waals surface area contributed by atoms with Crippen molar-refractivity contribution in [3.63, 3.8) is 0 Å². The first-order valence-electron chi connectivity index (χ1n) is 5.70. The van der Waals surface area contributed by atoms with Crippen LogP contribution in [0, 0.1) is 9.49 Å². The maximum atomic E-state index is 12.2. The summed E-state index contributed by atoms with van der Waals surface area (Å²) >= 11 is 5.55. The predicted molar refractivity (Wildman–Crippen MR) is 84.8 cm³/mol. The smallest absolute Gasteiger partial charge is 0.252 e. The van der Waals surface area contributed by atoms with E-state index in [1.165, 1.54) is 0 Å². The van der Waals surface area contributed by atoms with Crippen LogP contribution in [0.1, 0.15) is 24.2 Å². The van der Waals surface area contributed by atoms with Crippen LogP contribution in [0.3, 0.4) is 0 Å². The summed E-state index contributed by atoms with van der Waals surface area (Å²) in [6.07, 6.45) is 0. The highest BCUT2D eigenvalue weighted by Crippen LogP contribution is 2.18. The molecular weight excluding hydrogens is 409 g/mol. The molecule has 1 N–H and O–H groups in total. The van der Waals surface area contributed by atoms with E-state index in [-0.39, 0.29) is 11.9 Å². The highest BCUT2D eigenvalue weighted by Gasteiger charge is 2.18. The van der Waals surface area contributed by atoms with Gasteiger partial charge in [0.15, 0.2) is 0 Å². The lowest BCUT2D eigenvalue weighted by molar-refractivity contribution is 0.0865. The minimum absolute atomic E-state index is 0.0253. The van der Waals surface area contributed by atoms with E-state index in [1.54, 1.807) is 7.11 Å². The summed E-state index contributed by atoms with van der Waals surface area (Å²) in [5.41, 5.74) is 0.687. The second kappa shape index (κ2) is 7.45. The highest BCUT2D eigenvalue weighted by molar-refractivity contribution is 14.1. The van der Waals surface area contributed by atoms with Gasteiger partial charge in [-0.25, -0.2) is 0 Å². The second-order valence-electron chi connectivity index (χ2n) is 4.40. The molecule has 0 aliphatic heterocycles. The van der Waals surface area contributed by atoms with E-state index in [2.05, 4.69) is 57.7 Å². The number of hydrogen-bond donors (Lipinski definition) is 1. The van der Waals surface area contributed by atoms with Crippen LogP contribution in [0.25, 0.3) is 0 Å². The second-order valence-corrected chi connectivity index (χ2v) is 6.48. The van der Waals surface area contributed by atoms with Gasteiger partial charge in [0.05, 0.1) is 18.2 Å². The lowest BCUT2D eigenvalue weighted by Gasteiger charge is -2.21. The minimum Gasteiger partial charge on any atom is -0.383 e. The molecule has 0 heterocycles. The van der Waals surface area contributed by atoms with E-state index in [4.69, 9.17) is 4.74 Å². The summed E-state index contributed by atoms with van der Waals surface area (Å²) in [4.78, 5) is 12.2. The Morgan fingerprint density at radius 3 is 2.72 bits per heavy atom. The zero-order valence-corrected chi connectivity index (χ0v) is 14.4. The van der Waals surface area contributed by atoms with Crippen LogP contribution >= 0.6 is 38.5 Å². The van der Waals surface area contributed by atoms with E-state index in [1.807, 2.05) is 18.2 Å². The van der Waals surface area contributed by atoms with Gasteiger partial charge < -0.3 is 10.1 Å². The summed E-state index contributed by atoms with van der Waals surface area (Å²) in [6.45, 7) is 4.65. The van der Waals surface area contributed by atoms with Crippen LogP contribution in [0.4, 0.5) is 0 Å². The average Bonchev–Trinajstić information content (AvgIpc) is 2.31. The number of halogens is 2. The standard InChI is InChI=1S/C13H17BrINO2/c1-8(2)12(7-18-3)16-13(17)10-6-9(14)4-5-11(10)15/h4-6,8,12H,7H2,1-3H3,(H,16,17). The molecule has 0 aromatic heterocycles. The summed E-state index contributed by atoms with van der Waals surface area (Å²) in [5, 5.41) is 3.01. The topological polar surface area (TPSA) is 38.3 Å². The van der Waals surface area contributed by atoms with Crippen LogP contribution in [-0.2, 0) is 4.74 Å². The largest absolute Gasteiger partial charge is 0.383 e. The number of ether oxygens (including phenoxy) is 1. The van der Waals surface area contributed by atoms with Gasteiger partial charge in [0.1, 0.15) is 0 Å². The van der Waals surface area contributed by atoms with Gasteiger partial charge in [0.25, 0.3) is 5.91 Å². The quantitative estimate of drug-likeness (QED) is 0.733. The molecule has 0 saturated heterocycles. The van der Waals surface area contributed by atoms with Gasteiger partial charge in [-0.3, -0.25) is 4.79 Å². The van der Waals surface area contributed by atoms with Gasteiger partial charge in [-0.1, -0.05) is 29.8 Å². The molecule has 1 aromatic rings. The van der Waals surface area contributed by atoms with E-state index in [0.29, 0.717) is 18.1 Å². The number of methoxy groups -OCH3 is 1. The van der Waals surface area contributed by atoms with E-state index in [9.17, 15) is 4.79 Å². The first kappa shape index (κ1) is 15.9. The Kier molecular flexibility index (Phi) is 6.59. The van der Waals surface area contributed by atoms with E-state index in [0.717, 1.165) is 8.04 Å². The van der Waals surface area contributed by atoms with Crippen molar-refractivity contribution in [3.8, 4) is 0 Å². The molecule has 0 bridgehead atoms. The Morgan fingerprint density at radius 2 is 2.17 bits per heavy atom. The number of carbonyl (C=O) groups excluding carboxylic acids is 1. The molecule has 0 radical (unpaired) electrons. The summed E-state index contributed by atoms with van der Waals surface area (Å²) in [6, 6.07) is 5.70. The van der Waals surface area contributed by atoms with E-state index < -0.39 is 0 Å². The Labute approximate surface area is 130 Å². The van der Waals surface area contributed by atoms with Gasteiger partial charge in [-0.15, -0.1) is 0 Å². The van der Waals surface area contributed by atoms with Gasteiger partial charge in [0.2, 0.25) is 0 Å². The number of amides is 1. The summed E-state index contributed by atoms with van der Waals surface area (Å²) in [5.74, 6) is 0.273. The molecule has 1 amide bonds. The molecule has 0 fully saturated rings. The van der Waals surface area contributed by atoms with Crippen molar-refractivity contribution in [3.05, 3.63) is 31.8 Å². The summed E-state index contributed by atoms with van der Waals surface area (Å²) < 4.78 is 6.97. The van der Waals surface area contributed by atoms with Crippen LogP contribution in [0.2, 0.25) is 0 Å². The lowest BCUT2D eigenvalue weighted by Crippen LogP contribution is -2.41. The number of carbonyl (C=O) groups is 1. The molecule has 0 aliphatic carbocycles. The predicted octanol–water partition coefficient (Wildman–Crippen LogP) is 3.45. The molecular formula is C13H17BrINO2. The van der Waals surface area contributed by atoms with Gasteiger partial charge >= 0.3 is 0 Å². The normalized spacial score (nSPS) is 12.6. The fraction of sp³-hybridized carbons (Fsp3) is 0.462. The molecule has 0 aliphatic rings. The number of benzene rings is 1. The summed E-state index contributed by atoms with van der Waals surface area (Å²) in [7, 11) is 1.64. The number of nitrogens with one attached hydrogen (secondary N) is 1. The van der Waals surface area contributed by atoms with Crippen molar-refractivity contribution >= 4 is 44.4 Å².